The van der Waals surface area contributed by atoms with E-state index in [-0.39, 0.29) is 6.04 Å². The third-order valence-electron chi connectivity index (χ3n) is 4.30. The summed E-state index contributed by atoms with van der Waals surface area (Å²) in [5.74, 6) is -0.553. The minimum atomic E-state index is -0.499. The quantitative estimate of drug-likeness (QED) is 0.803. The molecule has 0 radical (unpaired) electrons. The molecule has 1 saturated heterocycles. The maximum Gasteiger partial charge on any atom is 0.309 e. The first kappa shape index (κ1) is 14.8. The van der Waals surface area contributed by atoms with Crippen LogP contribution in [0.4, 0.5) is 5.69 Å². The van der Waals surface area contributed by atoms with Crippen LogP contribution in [-0.2, 0) is 9.59 Å². The number of nitrogens with zero attached hydrogens (tertiary/aromatic N) is 2. The van der Waals surface area contributed by atoms with E-state index in [4.69, 9.17) is 0 Å². The summed E-state index contributed by atoms with van der Waals surface area (Å²) in [6, 6.07) is 4.23. The van der Waals surface area contributed by atoms with E-state index in [0.29, 0.717) is 12.5 Å². The number of amides is 2. The van der Waals surface area contributed by atoms with E-state index in [0.717, 1.165) is 44.5 Å². The monoisotopic (exact) mass is 302 g/mol. The number of carbonyl (C=O) groups is 2. The van der Waals surface area contributed by atoms with Crippen molar-refractivity contribution >= 4 is 17.5 Å². The van der Waals surface area contributed by atoms with Gasteiger partial charge in [0.05, 0.1) is 11.9 Å². The van der Waals surface area contributed by atoms with Gasteiger partial charge in [-0.2, -0.15) is 0 Å². The molecular formula is C16H22N4O2. The fraction of sp³-hybridized carbons (Fsp3) is 0.562. The number of hydrogen-bond donors (Lipinski definition) is 2. The first-order chi connectivity index (χ1) is 10.7. The molecule has 3 rings (SSSR count). The maximum absolute atomic E-state index is 11.7. The van der Waals surface area contributed by atoms with Gasteiger partial charge in [-0.3, -0.25) is 14.6 Å². The van der Waals surface area contributed by atoms with Crippen molar-refractivity contribution in [2.45, 2.75) is 31.7 Å². The summed E-state index contributed by atoms with van der Waals surface area (Å²) in [4.78, 5) is 29.7. The van der Waals surface area contributed by atoms with Crippen LogP contribution in [0.15, 0.2) is 24.5 Å². The second-order valence-corrected chi connectivity index (χ2v) is 6.10. The van der Waals surface area contributed by atoms with Crippen LogP contribution in [0.2, 0.25) is 0 Å². The van der Waals surface area contributed by atoms with E-state index in [9.17, 15) is 9.59 Å². The smallest absolute Gasteiger partial charge is 0.309 e. The van der Waals surface area contributed by atoms with Gasteiger partial charge in [-0.15, -0.1) is 0 Å². The molecule has 1 aromatic rings. The summed E-state index contributed by atoms with van der Waals surface area (Å²) in [5.41, 5.74) is 1.15. The van der Waals surface area contributed by atoms with Crippen molar-refractivity contribution in [3.8, 4) is 0 Å². The standard InChI is InChI=1S/C16H22N4O2/c21-15(16(22)19-13-3-4-13)18-10-12-5-8-20(9-6-12)14-2-1-7-17-11-14/h1-2,7,11-13H,3-6,8-10H2,(H,18,21)(H,19,22). The van der Waals surface area contributed by atoms with Crippen LogP contribution >= 0.6 is 0 Å². The molecule has 0 spiro atoms. The Morgan fingerprint density at radius 3 is 2.59 bits per heavy atom. The highest BCUT2D eigenvalue weighted by atomic mass is 16.2. The fourth-order valence-electron chi connectivity index (χ4n) is 2.73. The topological polar surface area (TPSA) is 74.3 Å². The van der Waals surface area contributed by atoms with Gasteiger partial charge in [-0.25, -0.2) is 0 Å². The lowest BCUT2D eigenvalue weighted by atomic mass is 9.96. The predicted octanol–water partition coefficient (Wildman–Crippen LogP) is 0.693. The zero-order chi connectivity index (χ0) is 15.4. The number of aromatic nitrogens is 1. The molecule has 1 saturated carbocycles. The lowest BCUT2D eigenvalue weighted by Gasteiger charge is -2.33. The second-order valence-electron chi connectivity index (χ2n) is 6.10. The molecule has 1 aliphatic carbocycles. The van der Waals surface area contributed by atoms with Gasteiger partial charge in [0.25, 0.3) is 0 Å². The number of rotatable bonds is 4. The van der Waals surface area contributed by atoms with Gasteiger partial charge in [0, 0.05) is 31.9 Å². The van der Waals surface area contributed by atoms with Crippen molar-refractivity contribution < 1.29 is 9.59 Å². The first-order valence-electron chi connectivity index (χ1n) is 7.96. The number of carbonyl (C=O) groups excluding carboxylic acids is 2. The number of nitrogens with one attached hydrogen (secondary N) is 2. The van der Waals surface area contributed by atoms with Gasteiger partial charge in [-0.1, -0.05) is 0 Å². The molecule has 22 heavy (non-hydrogen) atoms. The predicted molar refractivity (Wildman–Crippen MR) is 83.3 cm³/mol. The zero-order valence-corrected chi connectivity index (χ0v) is 12.6. The Kier molecular flexibility index (Phi) is 4.56. The molecule has 0 atom stereocenters. The Bertz CT molecular complexity index is 522. The fourth-order valence-corrected chi connectivity index (χ4v) is 2.73. The Morgan fingerprint density at radius 1 is 1.18 bits per heavy atom. The highest BCUT2D eigenvalue weighted by Gasteiger charge is 2.27. The number of hydrogen-bond acceptors (Lipinski definition) is 4. The Hall–Kier alpha value is -2.11. The molecule has 2 amide bonds. The molecule has 2 fully saturated rings. The van der Waals surface area contributed by atoms with Crippen LogP contribution in [0.5, 0.6) is 0 Å². The highest BCUT2D eigenvalue weighted by molar-refractivity contribution is 6.35. The van der Waals surface area contributed by atoms with E-state index >= 15 is 0 Å². The van der Waals surface area contributed by atoms with E-state index in [1.54, 1.807) is 6.20 Å². The van der Waals surface area contributed by atoms with Crippen LogP contribution in [-0.4, -0.2) is 42.5 Å². The zero-order valence-electron chi connectivity index (χ0n) is 12.6. The normalized spacial score (nSPS) is 18.8. The molecule has 2 heterocycles. The SMILES string of the molecule is O=C(NCC1CCN(c2cccnc2)CC1)C(=O)NC1CC1. The molecule has 6 nitrogen and oxygen atoms in total. The van der Waals surface area contributed by atoms with Crippen molar-refractivity contribution in [1.82, 2.24) is 15.6 Å². The summed E-state index contributed by atoms with van der Waals surface area (Å²) in [7, 11) is 0. The average Bonchev–Trinajstić information content (AvgIpc) is 3.38. The van der Waals surface area contributed by atoms with Gasteiger partial charge < -0.3 is 15.5 Å². The van der Waals surface area contributed by atoms with Crippen molar-refractivity contribution in [1.29, 1.82) is 0 Å². The molecule has 2 N–H and O–H groups in total. The number of anilines is 1. The highest BCUT2D eigenvalue weighted by Crippen LogP contribution is 2.22. The largest absolute Gasteiger partial charge is 0.370 e. The first-order valence-corrected chi connectivity index (χ1v) is 7.96. The minimum absolute atomic E-state index is 0.223. The van der Waals surface area contributed by atoms with E-state index in [1.165, 1.54) is 0 Å². The van der Waals surface area contributed by atoms with E-state index in [2.05, 4.69) is 26.6 Å². The van der Waals surface area contributed by atoms with Crippen LogP contribution in [0, 0.1) is 5.92 Å². The third-order valence-corrected chi connectivity index (χ3v) is 4.30. The minimum Gasteiger partial charge on any atom is -0.370 e. The second kappa shape index (κ2) is 6.77. The van der Waals surface area contributed by atoms with Crippen molar-refractivity contribution in [3.63, 3.8) is 0 Å². The van der Waals surface area contributed by atoms with E-state index in [1.807, 2.05) is 12.3 Å². The summed E-state index contributed by atoms with van der Waals surface area (Å²) in [6.45, 7) is 2.50. The maximum atomic E-state index is 11.7. The summed E-state index contributed by atoms with van der Waals surface area (Å²) < 4.78 is 0. The van der Waals surface area contributed by atoms with Crippen LogP contribution in [0.3, 0.4) is 0 Å². The van der Waals surface area contributed by atoms with Crippen LogP contribution < -0.4 is 15.5 Å². The van der Waals surface area contributed by atoms with Crippen molar-refractivity contribution in [2.24, 2.45) is 5.92 Å². The molecule has 0 aromatic carbocycles. The van der Waals surface area contributed by atoms with Gasteiger partial charge in [-0.05, 0) is 43.7 Å². The Labute approximate surface area is 130 Å². The lowest BCUT2D eigenvalue weighted by molar-refractivity contribution is -0.139. The van der Waals surface area contributed by atoms with Gasteiger partial charge >= 0.3 is 11.8 Å². The van der Waals surface area contributed by atoms with Crippen LogP contribution in [0.25, 0.3) is 0 Å². The molecule has 2 aliphatic rings. The Morgan fingerprint density at radius 2 is 1.95 bits per heavy atom. The Balaban J connectivity index is 1.38. The molecular weight excluding hydrogens is 280 g/mol. The van der Waals surface area contributed by atoms with Gasteiger partial charge in [0.2, 0.25) is 0 Å². The molecule has 118 valence electrons. The van der Waals surface area contributed by atoms with Gasteiger partial charge in [0.15, 0.2) is 0 Å². The average molecular weight is 302 g/mol. The molecule has 1 aliphatic heterocycles. The molecule has 0 bridgehead atoms. The molecule has 0 unspecified atom stereocenters. The third kappa shape index (κ3) is 3.96. The molecule has 6 heteroatoms. The number of piperidine rings is 1. The van der Waals surface area contributed by atoms with E-state index < -0.39 is 11.8 Å². The van der Waals surface area contributed by atoms with Crippen molar-refractivity contribution in [2.75, 3.05) is 24.5 Å². The molecule has 1 aromatic heterocycles. The summed E-state index contributed by atoms with van der Waals surface area (Å²) in [5, 5.41) is 5.46. The lowest BCUT2D eigenvalue weighted by Crippen LogP contribution is -2.44. The van der Waals surface area contributed by atoms with Gasteiger partial charge in [0.1, 0.15) is 0 Å². The summed E-state index contributed by atoms with van der Waals surface area (Å²) in [6.07, 6.45) is 7.67. The number of pyridine rings is 1. The van der Waals surface area contributed by atoms with Crippen molar-refractivity contribution in [3.05, 3.63) is 24.5 Å². The van der Waals surface area contributed by atoms with Crippen LogP contribution in [0.1, 0.15) is 25.7 Å². The summed E-state index contributed by atoms with van der Waals surface area (Å²) >= 11 is 0.